The summed E-state index contributed by atoms with van der Waals surface area (Å²) in [5.41, 5.74) is 1.89. The van der Waals surface area contributed by atoms with Crippen molar-refractivity contribution in [3.63, 3.8) is 0 Å². The van der Waals surface area contributed by atoms with Gasteiger partial charge in [-0.3, -0.25) is 4.99 Å². The van der Waals surface area contributed by atoms with Crippen LogP contribution in [0.15, 0.2) is 82.8 Å². The molecule has 11 nitrogen and oxygen atoms in total. The molecule has 2 N–H and O–H groups in total. The van der Waals surface area contributed by atoms with Crippen molar-refractivity contribution < 1.29 is 27.8 Å². The van der Waals surface area contributed by atoms with E-state index in [1.165, 1.54) is 23.5 Å². The quantitative estimate of drug-likeness (QED) is 0.195. The predicted octanol–water partition coefficient (Wildman–Crippen LogP) is 6.09. The molecule has 248 valence electrons. The second-order valence-corrected chi connectivity index (χ2v) is 12.3. The van der Waals surface area contributed by atoms with E-state index in [9.17, 15) is 14.3 Å². The van der Waals surface area contributed by atoms with Gasteiger partial charge in [-0.25, -0.2) is 38.5 Å². The highest BCUT2D eigenvalue weighted by molar-refractivity contribution is 7.11. The standard InChI is InChI=1S/C33H24ClF3N8O3S/c1-16-20-14-41-30(29-38-6-2-7-39-29)42-23(20)5-9-45(16)18-12-22(36)27(37)25(13-18)48-15-24-26(33(46)47)28(19-4-3-17(35)11-21(19)34)44-31(43-24)32-40-8-10-49-32/h2-4,6-8,10-14,16,28H,5,9,15H2,1H3,(H,43,44)(H,46,47)/t16?,28-/m0/s1. The van der Waals surface area contributed by atoms with Crippen LogP contribution in [0.3, 0.4) is 0 Å². The third kappa shape index (κ3) is 6.29. The zero-order chi connectivity index (χ0) is 34.2. The number of aliphatic carboxylic acids is 1. The summed E-state index contributed by atoms with van der Waals surface area (Å²) in [6.07, 6.45) is 6.93. The third-order valence-corrected chi connectivity index (χ3v) is 9.21. The number of aliphatic imine (C=N–C) groups is 1. The predicted molar refractivity (Wildman–Crippen MR) is 175 cm³/mol. The molecule has 49 heavy (non-hydrogen) atoms. The molecule has 2 aliphatic rings. The topological polar surface area (TPSA) is 139 Å². The second kappa shape index (κ2) is 13.2. The maximum absolute atomic E-state index is 15.2. The van der Waals surface area contributed by atoms with Crippen LogP contribution in [0.2, 0.25) is 5.02 Å². The number of nitrogens with zero attached hydrogens (tertiary/aromatic N) is 7. The summed E-state index contributed by atoms with van der Waals surface area (Å²) in [7, 11) is 0. The highest BCUT2D eigenvalue weighted by atomic mass is 35.5. The van der Waals surface area contributed by atoms with Crippen LogP contribution in [0.1, 0.15) is 40.8 Å². The van der Waals surface area contributed by atoms with Crippen LogP contribution in [-0.2, 0) is 11.2 Å². The first-order valence-electron chi connectivity index (χ1n) is 14.9. The minimum Gasteiger partial charge on any atom is -0.484 e. The number of ether oxygens (including phenoxy) is 1. The number of carboxylic acids is 1. The monoisotopic (exact) mass is 704 g/mol. The number of anilines is 1. The lowest BCUT2D eigenvalue weighted by Crippen LogP contribution is -2.36. The summed E-state index contributed by atoms with van der Waals surface area (Å²) >= 11 is 7.57. The van der Waals surface area contributed by atoms with Crippen molar-refractivity contribution in [1.82, 2.24) is 30.2 Å². The average Bonchev–Trinajstić information content (AvgIpc) is 3.64. The Kier molecular flexibility index (Phi) is 8.69. The van der Waals surface area contributed by atoms with E-state index in [0.717, 1.165) is 29.5 Å². The Hall–Kier alpha value is -5.41. The van der Waals surface area contributed by atoms with E-state index in [1.54, 1.807) is 36.2 Å². The Morgan fingerprint density at radius 1 is 1.08 bits per heavy atom. The molecule has 2 aromatic carbocycles. The Bertz CT molecular complexity index is 2140. The molecule has 0 aliphatic carbocycles. The van der Waals surface area contributed by atoms with E-state index in [-0.39, 0.29) is 33.7 Å². The van der Waals surface area contributed by atoms with Gasteiger partial charge >= 0.3 is 5.97 Å². The number of amidine groups is 1. The Labute approximate surface area is 285 Å². The Morgan fingerprint density at radius 2 is 1.90 bits per heavy atom. The first-order valence-corrected chi connectivity index (χ1v) is 16.1. The molecule has 5 aromatic rings. The fourth-order valence-electron chi connectivity index (χ4n) is 5.77. The highest BCUT2D eigenvalue weighted by Gasteiger charge is 2.34. The van der Waals surface area contributed by atoms with Gasteiger partial charge in [0.1, 0.15) is 18.5 Å². The van der Waals surface area contributed by atoms with E-state index in [0.29, 0.717) is 35.3 Å². The van der Waals surface area contributed by atoms with E-state index < -0.39 is 41.8 Å². The van der Waals surface area contributed by atoms with Crippen LogP contribution in [0.4, 0.5) is 18.9 Å². The maximum atomic E-state index is 15.2. The van der Waals surface area contributed by atoms with Gasteiger partial charge < -0.3 is 20.1 Å². The molecule has 0 amide bonds. The summed E-state index contributed by atoms with van der Waals surface area (Å²) in [5.74, 6) is -3.82. The lowest BCUT2D eigenvalue weighted by Gasteiger charge is -2.36. The van der Waals surface area contributed by atoms with Gasteiger partial charge in [0, 0.05) is 77.1 Å². The van der Waals surface area contributed by atoms with Crippen molar-refractivity contribution in [2.45, 2.75) is 25.4 Å². The van der Waals surface area contributed by atoms with Crippen molar-refractivity contribution in [3.05, 3.63) is 122 Å². The lowest BCUT2D eigenvalue weighted by atomic mass is 9.95. The van der Waals surface area contributed by atoms with E-state index in [2.05, 4.69) is 35.2 Å². The molecule has 0 saturated carbocycles. The first kappa shape index (κ1) is 32.2. The minimum absolute atomic E-state index is 0.00100. The molecule has 2 aliphatic heterocycles. The van der Waals surface area contributed by atoms with Crippen LogP contribution in [0, 0.1) is 17.5 Å². The van der Waals surface area contributed by atoms with Gasteiger partial charge in [-0.15, -0.1) is 11.3 Å². The van der Waals surface area contributed by atoms with Crippen LogP contribution in [0.5, 0.6) is 5.75 Å². The Balaban J connectivity index is 1.19. The highest BCUT2D eigenvalue weighted by Crippen LogP contribution is 2.38. The van der Waals surface area contributed by atoms with Crippen molar-refractivity contribution in [1.29, 1.82) is 0 Å². The number of thiazole rings is 1. The van der Waals surface area contributed by atoms with Gasteiger partial charge in [-0.1, -0.05) is 17.7 Å². The summed E-state index contributed by atoms with van der Waals surface area (Å²) in [6.45, 7) is 1.81. The molecule has 7 rings (SSSR count). The molecule has 0 fully saturated rings. The molecule has 16 heteroatoms. The van der Waals surface area contributed by atoms with Crippen molar-refractivity contribution in [2.24, 2.45) is 4.99 Å². The number of aromatic nitrogens is 5. The summed E-state index contributed by atoms with van der Waals surface area (Å²) in [4.78, 5) is 40.8. The number of nitrogens with one attached hydrogen (secondary N) is 1. The molecular weight excluding hydrogens is 681 g/mol. The lowest BCUT2D eigenvalue weighted by molar-refractivity contribution is -0.133. The van der Waals surface area contributed by atoms with Crippen molar-refractivity contribution >= 4 is 40.4 Å². The fourth-order valence-corrected chi connectivity index (χ4v) is 6.63. The smallest absolute Gasteiger partial charge is 0.336 e. The summed E-state index contributed by atoms with van der Waals surface area (Å²) in [5, 5.41) is 15.3. The molecule has 0 bridgehead atoms. The van der Waals surface area contributed by atoms with Gasteiger partial charge in [0.05, 0.1) is 23.0 Å². The normalized spacial score (nSPS) is 17.3. The fraction of sp³-hybridized carbons (Fsp3) is 0.182. The zero-order valence-corrected chi connectivity index (χ0v) is 27.0. The van der Waals surface area contributed by atoms with Crippen molar-refractivity contribution in [3.8, 4) is 17.4 Å². The molecule has 3 aromatic heterocycles. The zero-order valence-electron chi connectivity index (χ0n) is 25.4. The molecule has 2 atom stereocenters. The number of benzene rings is 2. The maximum Gasteiger partial charge on any atom is 0.336 e. The number of carbonyl (C=O) groups is 1. The summed E-state index contributed by atoms with van der Waals surface area (Å²) in [6, 6.07) is 6.18. The molecule has 0 radical (unpaired) electrons. The number of carboxylic acid groups (broad SMARTS) is 1. The summed E-state index contributed by atoms with van der Waals surface area (Å²) < 4.78 is 50.1. The number of fused-ring (bicyclic) bond motifs is 1. The second-order valence-electron chi connectivity index (χ2n) is 11.0. The number of rotatable bonds is 8. The van der Waals surface area contributed by atoms with Crippen LogP contribution < -0.4 is 15.0 Å². The van der Waals surface area contributed by atoms with Gasteiger partial charge in [-0.2, -0.15) is 4.39 Å². The average molecular weight is 705 g/mol. The number of hydrogen-bond acceptors (Lipinski definition) is 11. The number of halogens is 4. The van der Waals surface area contributed by atoms with Gasteiger partial charge in [0.15, 0.2) is 34.1 Å². The van der Waals surface area contributed by atoms with Crippen LogP contribution >= 0.6 is 22.9 Å². The number of hydrogen-bond donors (Lipinski definition) is 2. The molecule has 0 saturated heterocycles. The van der Waals surface area contributed by atoms with Gasteiger partial charge in [0.25, 0.3) is 0 Å². The first-order chi connectivity index (χ1) is 23.7. The van der Waals surface area contributed by atoms with Crippen molar-refractivity contribution in [2.75, 3.05) is 18.1 Å². The Morgan fingerprint density at radius 3 is 2.63 bits per heavy atom. The molecule has 0 spiro atoms. The van der Waals surface area contributed by atoms with E-state index in [4.69, 9.17) is 16.3 Å². The van der Waals surface area contributed by atoms with Crippen LogP contribution in [0.25, 0.3) is 11.6 Å². The molecule has 5 heterocycles. The molecular formula is C33H24ClF3N8O3S. The third-order valence-electron chi connectivity index (χ3n) is 8.10. The molecule has 1 unspecified atom stereocenters. The SMILES string of the molecule is CC1c2cnc(-c3ncccn3)nc2CCN1c1cc(F)c(F)c(OCC2=C(C(=O)O)[C@H](c3ccc(F)cc3Cl)N=C(c3nccs3)N2)c1. The van der Waals surface area contributed by atoms with E-state index in [1.807, 2.05) is 11.8 Å². The minimum atomic E-state index is -1.37. The van der Waals surface area contributed by atoms with E-state index >= 15 is 8.78 Å². The van der Waals surface area contributed by atoms with Gasteiger partial charge in [-0.05, 0) is 25.1 Å². The largest absolute Gasteiger partial charge is 0.484 e. The van der Waals surface area contributed by atoms with Gasteiger partial charge in [0.2, 0.25) is 5.82 Å². The van der Waals surface area contributed by atoms with Crippen LogP contribution in [-0.4, -0.2) is 55.0 Å².